The summed E-state index contributed by atoms with van der Waals surface area (Å²) in [5, 5.41) is 6.01. The molecule has 120 valence electrons. The van der Waals surface area contributed by atoms with Gasteiger partial charge in [-0.15, -0.1) is 0 Å². The fourth-order valence-corrected chi connectivity index (χ4v) is 2.73. The number of hydrogen-bond acceptors (Lipinski definition) is 2. The first kappa shape index (κ1) is 15.7. The third-order valence-electron chi connectivity index (χ3n) is 4.15. The van der Waals surface area contributed by atoms with Crippen molar-refractivity contribution in [2.24, 2.45) is 0 Å². The van der Waals surface area contributed by atoms with E-state index in [9.17, 15) is 0 Å². The maximum atomic E-state index is 4.95. The van der Waals surface area contributed by atoms with Crippen molar-refractivity contribution < 1.29 is 0 Å². The van der Waals surface area contributed by atoms with Crippen LogP contribution in [0.15, 0.2) is 36.4 Å². The molecule has 0 N–H and O–H groups in total. The average molecular weight is 307 g/mol. The van der Waals surface area contributed by atoms with Crippen LogP contribution in [0.4, 0.5) is 0 Å². The number of nitrogens with zero attached hydrogens (tertiary/aromatic N) is 3. The minimum atomic E-state index is 0.0224. The van der Waals surface area contributed by atoms with Gasteiger partial charge in [0.25, 0.3) is 0 Å². The molecule has 2 aromatic heterocycles. The molecule has 0 unspecified atom stereocenters. The van der Waals surface area contributed by atoms with Gasteiger partial charge in [-0.2, -0.15) is 5.10 Å². The fourth-order valence-electron chi connectivity index (χ4n) is 2.73. The van der Waals surface area contributed by atoms with Crippen LogP contribution in [0, 0.1) is 6.92 Å². The molecule has 0 aliphatic heterocycles. The minimum Gasteiger partial charge on any atom is -0.232 e. The minimum absolute atomic E-state index is 0.0224. The van der Waals surface area contributed by atoms with E-state index in [1.165, 1.54) is 5.56 Å². The van der Waals surface area contributed by atoms with Crippen LogP contribution in [-0.4, -0.2) is 14.8 Å². The lowest BCUT2D eigenvalue weighted by atomic mass is 9.91. The number of benzene rings is 1. The standard InChI is InChI=1S/C20H25N3/c1-13(2)18-16-11-12-17(20(4,5)6)21-19(16)23(22-18)15-9-7-14(3)8-10-15/h7-13H,1-6H3. The molecule has 3 heteroatoms. The van der Waals surface area contributed by atoms with Gasteiger partial charge < -0.3 is 0 Å². The van der Waals surface area contributed by atoms with E-state index >= 15 is 0 Å². The lowest BCUT2D eigenvalue weighted by Crippen LogP contribution is -2.13. The van der Waals surface area contributed by atoms with Crippen molar-refractivity contribution in [2.75, 3.05) is 0 Å². The van der Waals surface area contributed by atoms with Crippen LogP contribution in [0.5, 0.6) is 0 Å². The molecule has 2 heterocycles. The van der Waals surface area contributed by atoms with E-state index in [4.69, 9.17) is 10.1 Å². The van der Waals surface area contributed by atoms with E-state index in [1.807, 2.05) is 4.68 Å². The molecule has 3 aromatic rings. The summed E-state index contributed by atoms with van der Waals surface area (Å²) in [5.41, 5.74) is 5.48. The Morgan fingerprint density at radius 2 is 1.61 bits per heavy atom. The predicted molar refractivity (Wildman–Crippen MR) is 96.4 cm³/mol. The van der Waals surface area contributed by atoms with Gasteiger partial charge in [-0.1, -0.05) is 52.3 Å². The maximum absolute atomic E-state index is 4.95. The Kier molecular flexibility index (Phi) is 3.75. The largest absolute Gasteiger partial charge is 0.232 e. The maximum Gasteiger partial charge on any atom is 0.163 e. The van der Waals surface area contributed by atoms with E-state index in [2.05, 4.69) is 77.9 Å². The smallest absolute Gasteiger partial charge is 0.163 e. The molecular weight excluding hydrogens is 282 g/mol. The molecule has 0 atom stereocenters. The summed E-state index contributed by atoms with van der Waals surface area (Å²) in [6.07, 6.45) is 0. The first-order valence-corrected chi connectivity index (χ1v) is 8.24. The lowest BCUT2D eigenvalue weighted by Gasteiger charge is -2.17. The van der Waals surface area contributed by atoms with Gasteiger partial charge in [0.2, 0.25) is 0 Å². The van der Waals surface area contributed by atoms with Gasteiger partial charge in [0.15, 0.2) is 5.65 Å². The van der Waals surface area contributed by atoms with E-state index in [-0.39, 0.29) is 5.41 Å². The summed E-state index contributed by atoms with van der Waals surface area (Å²) >= 11 is 0. The molecule has 0 saturated carbocycles. The Labute approximate surface area is 138 Å². The Morgan fingerprint density at radius 1 is 0.957 bits per heavy atom. The quantitative estimate of drug-likeness (QED) is 0.655. The summed E-state index contributed by atoms with van der Waals surface area (Å²) < 4.78 is 1.99. The van der Waals surface area contributed by atoms with Crippen molar-refractivity contribution in [3.05, 3.63) is 53.3 Å². The molecule has 3 rings (SSSR count). The molecule has 0 spiro atoms. The van der Waals surface area contributed by atoms with E-state index in [1.54, 1.807) is 0 Å². The van der Waals surface area contributed by atoms with Crippen LogP contribution < -0.4 is 0 Å². The van der Waals surface area contributed by atoms with Gasteiger partial charge in [-0.3, -0.25) is 0 Å². The molecule has 0 aliphatic carbocycles. The van der Waals surface area contributed by atoms with E-state index < -0.39 is 0 Å². The molecule has 3 nitrogen and oxygen atoms in total. The molecule has 0 radical (unpaired) electrons. The number of pyridine rings is 1. The van der Waals surface area contributed by atoms with Crippen molar-refractivity contribution in [3.63, 3.8) is 0 Å². The second-order valence-corrected chi connectivity index (χ2v) is 7.60. The van der Waals surface area contributed by atoms with Crippen LogP contribution >= 0.6 is 0 Å². The van der Waals surface area contributed by atoms with Crippen molar-refractivity contribution in [1.82, 2.24) is 14.8 Å². The van der Waals surface area contributed by atoms with Crippen LogP contribution in [-0.2, 0) is 5.41 Å². The molecule has 1 aromatic carbocycles. The third kappa shape index (κ3) is 2.88. The highest BCUT2D eigenvalue weighted by molar-refractivity contribution is 5.80. The monoisotopic (exact) mass is 307 g/mol. The van der Waals surface area contributed by atoms with Crippen LogP contribution in [0.2, 0.25) is 0 Å². The number of hydrogen-bond donors (Lipinski definition) is 0. The van der Waals surface area contributed by atoms with Crippen LogP contribution in [0.25, 0.3) is 16.7 Å². The Hall–Kier alpha value is -2.16. The van der Waals surface area contributed by atoms with Crippen molar-refractivity contribution in [2.45, 2.75) is 52.9 Å². The molecular formula is C20H25N3. The molecule has 0 saturated heterocycles. The van der Waals surface area contributed by atoms with Crippen molar-refractivity contribution >= 4 is 11.0 Å². The van der Waals surface area contributed by atoms with Gasteiger partial charge >= 0.3 is 0 Å². The number of fused-ring (bicyclic) bond motifs is 1. The number of aryl methyl sites for hydroxylation is 1. The highest BCUT2D eigenvalue weighted by atomic mass is 15.3. The zero-order chi connectivity index (χ0) is 16.8. The molecule has 0 aliphatic rings. The van der Waals surface area contributed by atoms with Gasteiger partial charge in [-0.05, 0) is 37.1 Å². The molecule has 0 bridgehead atoms. The number of rotatable bonds is 2. The average Bonchev–Trinajstić information content (AvgIpc) is 2.86. The van der Waals surface area contributed by atoms with E-state index in [0.29, 0.717) is 5.92 Å². The van der Waals surface area contributed by atoms with Crippen LogP contribution in [0.3, 0.4) is 0 Å². The summed E-state index contributed by atoms with van der Waals surface area (Å²) in [6, 6.07) is 12.8. The summed E-state index contributed by atoms with van der Waals surface area (Å²) in [5.74, 6) is 0.367. The zero-order valence-corrected chi connectivity index (χ0v) is 14.9. The first-order valence-electron chi connectivity index (χ1n) is 8.24. The summed E-state index contributed by atoms with van der Waals surface area (Å²) in [7, 11) is 0. The third-order valence-corrected chi connectivity index (χ3v) is 4.15. The molecule has 0 fully saturated rings. The normalized spacial score (nSPS) is 12.3. The SMILES string of the molecule is Cc1ccc(-n2nc(C(C)C)c3ccc(C(C)(C)C)nc32)cc1. The Balaban J connectivity index is 2.29. The van der Waals surface area contributed by atoms with E-state index in [0.717, 1.165) is 28.1 Å². The Bertz CT molecular complexity index is 834. The Morgan fingerprint density at radius 3 is 2.17 bits per heavy atom. The topological polar surface area (TPSA) is 30.7 Å². The summed E-state index contributed by atoms with van der Waals surface area (Å²) in [6.45, 7) is 13.0. The summed E-state index contributed by atoms with van der Waals surface area (Å²) in [4.78, 5) is 4.95. The second-order valence-electron chi connectivity index (χ2n) is 7.60. The predicted octanol–water partition coefficient (Wildman–Crippen LogP) is 5.15. The lowest BCUT2D eigenvalue weighted by molar-refractivity contribution is 0.570. The zero-order valence-electron chi connectivity index (χ0n) is 14.9. The molecule has 0 amide bonds. The van der Waals surface area contributed by atoms with Crippen LogP contribution in [0.1, 0.15) is 57.5 Å². The highest BCUT2D eigenvalue weighted by Crippen LogP contribution is 2.29. The van der Waals surface area contributed by atoms with Crippen molar-refractivity contribution in [1.29, 1.82) is 0 Å². The van der Waals surface area contributed by atoms with Crippen molar-refractivity contribution in [3.8, 4) is 5.69 Å². The second kappa shape index (κ2) is 5.48. The fraction of sp³-hybridized carbons (Fsp3) is 0.400. The van der Waals surface area contributed by atoms with Gasteiger partial charge in [0.1, 0.15) is 0 Å². The highest BCUT2D eigenvalue weighted by Gasteiger charge is 2.20. The van der Waals surface area contributed by atoms with Gasteiger partial charge in [0, 0.05) is 16.5 Å². The van der Waals surface area contributed by atoms with Gasteiger partial charge in [-0.25, -0.2) is 9.67 Å². The van der Waals surface area contributed by atoms with Gasteiger partial charge in [0.05, 0.1) is 11.4 Å². The molecule has 23 heavy (non-hydrogen) atoms. The first-order chi connectivity index (χ1) is 10.8. The number of aromatic nitrogens is 3.